The number of benzene rings is 2. The van der Waals surface area contributed by atoms with Gasteiger partial charge in [0.2, 0.25) is 0 Å². The second-order valence-corrected chi connectivity index (χ2v) is 7.58. The van der Waals surface area contributed by atoms with E-state index in [1.54, 1.807) is 23.1 Å². The number of thiazole rings is 1. The standard InChI is InChI=1S/C17H15NS3/c1-3-7-14(8-4-1)11-19-16-13-21-17(18-16)20-12-15-9-5-2-6-10-15/h1-10,13H,11-12H2. The summed E-state index contributed by atoms with van der Waals surface area (Å²) in [6.45, 7) is 0. The second kappa shape index (κ2) is 7.69. The first-order chi connectivity index (χ1) is 10.4. The van der Waals surface area contributed by atoms with Crippen molar-refractivity contribution in [1.29, 1.82) is 0 Å². The van der Waals surface area contributed by atoms with E-state index in [1.165, 1.54) is 11.1 Å². The predicted octanol–water partition coefficient (Wildman–Crippen LogP) is 5.73. The first kappa shape index (κ1) is 14.7. The average Bonchev–Trinajstić information content (AvgIpc) is 3.01. The predicted molar refractivity (Wildman–Crippen MR) is 94.1 cm³/mol. The molecule has 3 aromatic rings. The molecular formula is C17H15NS3. The fraction of sp³-hybridized carbons (Fsp3) is 0.118. The van der Waals surface area contributed by atoms with Gasteiger partial charge in [-0.25, -0.2) is 4.98 Å². The van der Waals surface area contributed by atoms with E-state index in [2.05, 4.69) is 71.0 Å². The molecule has 2 aromatic carbocycles. The quantitative estimate of drug-likeness (QED) is 0.536. The molecule has 0 amide bonds. The van der Waals surface area contributed by atoms with Crippen LogP contribution in [0.25, 0.3) is 0 Å². The lowest BCUT2D eigenvalue weighted by Crippen LogP contribution is -1.80. The van der Waals surface area contributed by atoms with Gasteiger partial charge in [0.25, 0.3) is 0 Å². The van der Waals surface area contributed by atoms with Crippen LogP contribution in [0.1, 0.15) is 11.1 Å². The van der Waals surface area contributed by atoms with Gasteiger partial charge >= 0.3 is 0 Å². The van der Waals surface area contributed by atoms with E-state index in [0.29, 0.717) is 0 Å². The number of hydrogen-bond donors (Lipinski definition) is 0. The first-order valence-corrected chi connectivity index (χ1v) is 9.54. The fourth-order valence-corrected chi connectivity index (χ4v) is 4.67. The van der Waals surface area contributed by atoms with Crippen molar-refractivity contribution in [2.45, 2.75) is 20.9 Å². The van der Waals surface area contributed by atoms with Crippen LogP contribution >= 0.6 is 34.9 Å². The molecule has 0 saturated heterocycles. The molecule has 1 heterocycles. The maximum absolute atomic E-state index is 4.68. The van der Waals surface area contributed by atoms with Crippen molar-refractivity contribution in [2.75, 3.05) is 0 Å². The van der Waals surface area contributed by atoms with Crippen LogP contribution in [-0.4, -0.2) is 4.98 Å². The summed E-state index contributed by atoms with van der Waals surface area (Å²) in [5, 5.41) is 3.28. The molecule has 0 radical (unpaired) electrons. The normalized spacial score (nSPS) is 10.7. The van der Waals surface area contributed by atoms with Gasteiger partial charge in [-0.1, -0.05) is 72.4 Å². The molecule has 0 fully saturated rings. The summed E-state index contributed by atoms with van der Waals surface area (Å²) >= 11 is 5.35. The molecule has 106 valence electrons. The zero-order valence-electron chi connectivity index (χ0n) is 11.4. The van der Waals surface area contributed by atoms with Gasteiger partial charge < -0.3 is 0 Å². The van der Waals surface area contributed by atoms with Gasteiger partial charge in [-0.05, 0) is 11.1 Å². The summed E-state index contributed by atoms with van der Waals surface area (Å²) in [5.41, 5.74) is 2.69. The maximum Gasteiger partial charge on any atom is 0.151 e. The SMILES string of the molecule is c1ccc(CSc2csc(SCc3ccccc3)n2)cc1. The number of rotatable bonds is 6. The van der Waals surface area contributed by atoms with Crippen molar-refractivity contribution in [3.63, 3.8) is 0 Å². The van der Waals surface area contributed by atoms with Crippen LogP contribution in [0, 0.1) is 0 Å². The highest BCUT2D eigenvalue weighted by Crippen LogP contribution is 2.31. The smallest absolute Gasteiger partial charge is 0.151 e. The Labute approximate surface area is 137 Å². The van der Waals surface area contributed by atoms with Gasteiger partial charge in [-0.2, -0.15) is 0 Å². The number of nitrogens with zero attached hydrogens (tertiary/aromatic N) is 1. The number of aromatic nitrogens is 1. The molecule has 0 N–H and O–H groups in total. The molecule has 0 aliphatic heterocycles. The molecule has 3 rings (SSSR count). The van der Waals surface area contributed by atoms with Crippen molar-refractivity contribution in [3.8, 4) is 0 Å². The van der Waals surface area contributed by atoms with Crippen LogP contribution in [0.3, 0.4) is 0 Å². The van der Waals surface area contributed by atoms with E-state index in [1.807, 2.05) is 11.8 Å². The van der Waals surface area contributed by atoms with Crippen LogP contribution in [-0.2, 0) is 11.5 Å². The van der Waals surface area contributed by atoms with Crippen molar-refractivity contribution >= 4 is 34.9 Å². The summed E-state index contributed by atoms with van der Waals surface area (Å²) in [6.07, 6.45) is 0. The van der Waals surface area contributed by atoms with Gasteiger partial charge in [0.15, 0.2) is 4.34 Å². The van der Waals surface area contributed by atoms with E-state index in [4.69, 9.17) is 0 Å². The monoisotopic (exact) mass is 329 g/mol. The highest BCUT2D eigenvalue weighted by atomic mass is 32.2. The molecule has 0 bridgehead atoms. The summed E-state index contributed by atoms with van der Waals surface area (Å²) in [7, 11) is 0. The van der Waals surface area contributed by atoms with Gasteiger partial charge in [-0.15, -0.1) is 23.1 Å². The topological polar surface area (TPSA) is 12.9 Å². The van der Waals surface area contributed by atoms with Gasteiger partial charge in [-0.3, -0.25) is 0 Å². The van der Waals surface area contributed by atoms with Gasteiger partial charge in [0.1, 0.15) is 5.03 Å². The minimum absolute atomic E-state index is 0.980. The summed E-state index contributed by atoms with van der Waals surface area (Å²) in [6, 6.07) is 21.1. The van der Waals surface area contributed by atoms with E-state index in [9.17, 15) is 0 Å². The Bertz CT molecular complexity index is 607. The largest absolute Gasteiger partial charge is 0.223 e. The Morgan fingerprint density at radius 3 is 1.95 bits per heavy atom. The molecule has 0 atom stereocenters. The molecule has 1 aromatic heterocycles. The Hall–Kier alpha value is -1.23. The molecule has 4 heteroatoms. The first-order valence-electron chi connectivity index (χ1n) is 6.69. The summed E-state index contributed by atoms with van der Waals surface area (Å²) in [4.78, 5) is 4.68. The highest BCUT2D eigenvalue weighted by molar-refractivity contribution is 8.00. The Kier molecular flexibility index (Phi) is 5.38. The van der Waals surface area contributed by atoms with Crippen LogP contribution < -0.4 is 0 Å². The highest BCUT2D eigenvalue weighted by Gasteiger charge is 2.04. The molecule has 0 unspecified atom stereocenters. The van der Waals surface area contributed by atoms with Crippen molar-refractivity contribution in [2.24, 2.45) is 0 Å². The lowest BCUT2D eigenvalue weighted by Gasteiger charge is -1.99. The molecule has 1 nitrogen and oxygen atoms in total. The molecule has 21 heavy (non-hydrogen) atoms. The number of hydrogen-bond acceptors (Lipinski definition) is 4. The van der Waals surface area contributed by atoms with Crippen LogP contribution in [0.2, 0.25) is 0 Å². The zero-order chi connectivity index (χ0) is 14.3. The van der Waals surface area contributed by atoms with E-state index in [0.717, 1.165) is 20.9 Å². The summed E-state index contributed by atoms with van der Waals surface area (Å²) in [5.74, 6) is 1.96. The lowest BCUT2D eigenvalue weighted by molar-refractivity contribution is 1.10. The van der Waals surface area contributed by atoms with Gasteiger partial charge in [0, 0.05) is 16.9 Å². The molecule has 0 saturated carbocycles. The van der Waals surface area contributed by atoms with E-state index in [-0.39, 0.29) is 0 Å². The third-order valence-electron chi connectivity index (χ3n) is 2.90. The lowest BCUT2D eigenvalue weighted by atomic mass is 10.2. The molecule has 0 spiro atoms. The van der Waals surface area contributed by atoms with Crippen molar-refractivity contribution in [1.82, 2.24) is 4.98 Å². The Morgan fingerprint density at radius 1 is 0.762 bits per heavy atom. The van der Waals surface area contributed by atoms with E-state index >= 15 is 0 Å². The average molecular weight is 330 g/mol. The third-order valence-corrected chi connectivity index (χ3v) is 6.12. The molecule has 0 aliphatic rings. The minimum Gasteiger partial charge on any atom is -0.223 e. The fourth-order valence-electron chi connectivity index (χ4n) is 1.83. The van der Waals surface area contributed by atoms with Gasteiger partial charge in [0.05, 0.1) is 0 Å². The Balaban J connectivity index is 1.52. The van der Waals surface area contributed by atoms with Crippen LogP contribution in [0.5, 0.6) is 0 Å². The second-order valence-electron chi connectivity index (χ2n) is 4.50. The maximum atomic E-state index is 4.68. The van der Waals surface area contributed by atoms with E-state index < -0.39 is 0 Å². The Morgan fingerprint density at radius 2 is 1.33 bits per heavy atom. The molecule has 0 aliphatic carbocycles. The van der Waals surface area contributed by atoms with Crippen LogP contribution in [0.4, 0.5) is 0 Å². The minimum atomic E-state index is 0.980. The van der Waals surface area contributed by atoms with Crippen molar-refractivity contribution in [3.05, 3.63) is 77.2 Å². The van der Waals surface area contributed by atoms with Crippen LogP contribution in [0.15, 0.2) is 75.4 Å². The summed E-state index contributed by atoms with van der Waals surface area (Å²) < 4.78 is 1.15. The number of thioether (sulfide) groups is 2. The third kappa shape index (κ3) is 4.63. The van der Waals surface area contributed by atoms with Crippen molar-refractivity contribution < 1.29 is 0 Å². The molecular weight excluding hydrogens is 314 g/mol. The zero-order valence-corrected chi connectivity index (χ0v) is 13.9.